The van der Waals surface area contributed by atoms with Crippen molar-refractivity contribution in [2.24, 2.45) is 0 Å². The molecule has 0 radical (unpaired) electrons. The maximum Gasteiger partial charge on any atom is 0.289 e. The van der Waals surface area contributed by atoms with Gasteiger partial charge in [0.15, 0.2) is 5.76 Å². The van der Waals surface area contributed by atoms with E-state index in [2.05, 4.69) is 9.97 Å². The van der Waals surface area contributed by atoms with Gasteiger partial charge >= 0.3 is 0 Å². The van der Waals surface area contributed by atoms with Crippen LogP contribution >= 0.6 is 11.3 Å². The molecule has 4 rings (SSSR count). The van der Waals surface area contributed by atoms with E-state index in [4.69, 9.17) is 9.40 Å². The maximum atomic E-state index is 12.4. The topological polar surface area (TPSA) is 72.1 Å². The normalized spacial score (nSPS) is 15.4. The first kappa shape index (κ1) is 16.9. The van der Waals surface area contributed by atoms with Gasteiger partial charge in [0.2, 0.25) is 0 Å². The Hall–Kier alpha value is -2.54. The lowest BCUT2D eigenvalue weighted by atomic mass is 9.97. The van der Waals surface area contributed by atoms with E-state index in [0.717, 1.165) is 53.0 Å². The molecule has 134 valence electrons. The number of thiazole rings is 1. The molecule has 1 aliphatic heterocycles. The molecule has 0 N–H and O–H groups in total. The number of carbonyl (C=O) groups is 1. The zero-order chi connectivity index (χ0) is 18.1. The Kier molecular flexibility index (Phi) is 4.55. The van der Waals surface area contributed by atoms with E-state index in [1.807, 2.05) is 24.8 Å². The number of rotatable bonds is 3. The maximum absolute atomic E-state index is 12.4. The van der Waals surface area contributed by atoms with Crippen LogP contribution in [0.3, 0.4) is 0 Å². The van der Waals surface area contributed by atoms with E-state index in [1.54, 1.807) is 29.7 Å². The minimum absolute atomic E-state index is 0.0269. The van der Waals surface area contributed by atoms with E-state index in [1.165, 1.54) is 6.26 Å². The van der Waals surface area contributed by atoms with Crippen molar-refractivity contribution in [2.45, 2.75) is 32.6 Å². The fourth-order valence-electron chi connectivity index (χ4n) is 3.30. The summed E-state index contributed by atoms with van der Waals surface area (Å²) in [5, 5.41) is 1.14. The lowest BCUT2D eigenvalue weighted by Gasteiger charge is -2.30. The van der Waals surface area contributed by atoms with Crippen molar-refractivity contribution < 1.29 is 9.21 Å². The number of piperidine rings is 1. The Bertz CT molecular complexity index is 912. The van der Waals surface area contributed by atoms with Gasteiger partial charge in [0, 0.05) is 25.2 Å². The molecule has 3 aromatic rings. The van der Waals surface area contributed by atoms with Crippen LogP contribution in [-0.4, -0.2) is 38.8 Å². The van der Waals surface area contributed by atoms with Crippen LogP contribution in [0.25, 0.3) is 10.6 Å². The molecule has 3 aromatic heterocycles. The molecule has 1 saturated heterocycles. The van der Waals surface area contributed by atoms with Crippen molar-refractivity contribution in [3.63, 3.8) is 0 Å². The minimum Gasteiger partial charge on any atom is -0.459 e. The van der Waals surface area contributed by atoms with E-state index in [9.17, 15) is 4.79 Å². The fraction of sp³-hybridized carbons (Fsp3) is 0.368. The van der Waals surface area contributed by atoms with Gasteiger partial charge in [-0.3, -0.25) is 4.79 Å². The minimum atomic E-state index is -0.0269. The Balaban J connectivity index is 1.47. The van der Waals surface area contributed by atoms with Gasteiger partial charge in [-0.05, 0) is 44.9 Å². The Morgan fingerprint density at radius 1 is 1.23 bits per heavy atom. The van der Waals surface area contributed by atoms with Crippen molar-refractivity contribution in [1.29, 1.82) is 0 Å². The Labute approximate surface area is 155 Å². The van der Waals surface area contributed by atoms with Crippen molar-refractivity contribution in [3.8, 4) is 10.6 Å². The van der Waals surface area contributed by atoms with Crippen molar-refractivity contribution >= 4 is 17.2 Å². The van der Waals surface area contributed by atoms with Crippen LogP contribution in [0.1, 0.15) is 45.8 Å². The highest BCUT2D eigenvalue weighted by Gasteiger charge is 2.28. The summed E-state index contributed by atoms with van der Waals surface area (Å²) >= 11 is 1.71. The summed E-state index contributed by atoms with van der Waals surface area (Å²) < 4.78 is 5.22. The average Bonchev–Trinajstić information content (AvgIpc) is 3.31. The summed E-state index contributed by atoms with van der Waals surface area (Å²) in [6, 6.07) is 5.39. The molecule has 1 fully saturated rings. The second-order valence-corrected chi connectivity index (χ2v) is 7.53. The molecular weight excluding hydrogens is 348 g/mol. The standard InChI is InChI=1S/C19H20N4O2S/c1-12-17(15-5-8-20-13(2)22-15)26-18(21-12)14-6-9-23(10-7-14)19(24)16-4-3-11-25-16/h3-5,8,11,14H,6-7,9-10H2,1-2H3. The number of amides is 1. The number of nitrogens with zero attached hydrogens (tertiary/aromatic N) is 4. The first-order chi connectivity index (χ1) is 12.6. The quantitative estimate of drug-likeness (QED) is 0.702. The van der Waals surface area contributed by atoms with Crippen molar-refractivity contribution in [3.05, 3.63) is 52.9 Å². The summed E-state index contributed by atoms with van der Waals surface area (Å²) in [7, 11) is 0. The number of carbonyl (C=O) groups excluding carboxylic acids is 1. The number of aryl methyl sites for hydroxylation is 2. The summed E-state index contributed by atoms with van der Waals surface area (Å²) in [6.07, 6.45) is 5.16. The lowest BCUT2D eigenvalue weighted by Crippen LogP contribution is -2.37. The van der Waals surface area contributed by atoms with Gasteiger partial charge in [0.1, 0.15) is 5.82 Å². The highest BCUT2D eigenvalue weighted by molar-refractivity contribution is 7.15. The summed E-state index contributed by atoms with van der Waals surface area (Å²) in [5.41, 5.74) is 1.95. The number of hydrogen-bond acceptors (Lipinski definition) is 6. The Morgan fingerprint density at radius 2 is 2.04 bits per heavy atom. The molecule has 0 bridgehead atoms. The zero-order valence-electron chi connectivity index (χ0n) is 14.8. The second kappa shape index (κ2) is 6.99. The van der Waals surface area contributed by atoms with Gasteiger partial charge in [-0.25, -0.2) is 15.0 Å². The summed E-state index contributed by atoms with van der Waals surface area (Å²) in [4.78, 5) is 28.8. The summed E-state index contributed by atoms with van der Waals surface area (Å²) in [5.74, 6) is 1.54. The van der Waals surface area contributed by atoms with Gasteiger partial charge in [0.25, 0.3) is 5.91 Å². The SMILES string of the molecule is Cc1nccc(-c2sc(C3CCN(C(=O)c4ccco4)CC3)nc2C)n1. The van der Waals surface area contributed by atoms with E-state index < -0.39 is 0 Å². The number of aromatic nitrogens is 3. The van der Waals surface area contributed by atoms with Crippen LogP contribution in [0.15, 0.2) is 35.1 Å². The average molecular weight is 368 g/mol. The number of likely N-dealkylation sites (tertiary alicyclic amines) is 1. The highest BCUT2D eigenvalue weighted by atomic mass is 32.1. The number of furan rings is 1. The van der Waals surface area contributed by atoms with Gasteiger partial charge < -0.3 is 9.32 Å². The second-order valence-electron chi connectivity index (χ2n) is 6.50. The third kappa shape index (κ3) is 3.26. The zero-order valence-corrected chi connectivity index (χ0v) is 15.6. The van der Waals surface area contributed by atoms with Crippen molar-refractivity contribution in [1.82, 2.24) is 19.9 Å². The molecule has 6 nitrogen and oxygen atoms in total. The first-order valence-corrected chi connectivity index (χ1v) is 9.53. The third-order valence-electron chi connectivity index (χ3n) is 4.69. The highest BCUT2D eigenvalue weighted by Crippen LogP contribution is 2.36. The molecule has 0 spiro atoms. The van der Waals surface area contributed by atoms with Gasteiger partial charge in [0.05, 0.1) is 27.5 Å². The monoisotopic (exact) mass is 368 g/mol. The van der Waals surface area contributed by atoms with E-state index in [0.29, 0.717) is 11.7 Å². The first-order valence-electron chi connectivity index (χ1n) is 8.72. The Morgan fingerprint density at radius 3 is 2.73 bits per heavy atom. The molecule has 0 saturated carbocycles. The van der Waals surface area contributed by atoms with Gasteiger partial charge in [-0.15, -0.1) is 11.3 Å². The van der Waals surface area contributed by atoms with Crippen LogP contribution in [0.4, 0.5) is 0 Å². The molecule has 7 heteroatoms. The molecule has 1 aliphatic rings. The molecule has 0 aliphatic carbocycles. The molecule has 4 heterocycles. The third-order valence-corrected chi connectivity index (χ3v) is 6.03. The smallest absolute Gasteiger partial charge is 0.289 e. The predicted molar refractivity (Wildman–Crippen MR) is 99.2 cm³/mol. The van der Waals surface area contributed by atoms with Crippen LogP contribution in [-0.2, 0) is 0 Å². The molecule has 1 amide bonds. The van der Waals surface area contributed by atoms with Crippen LogP contribution in [0, 0.1) is 13.8 Å². The van der Waals surface area contributed by atoms with E-state index >= 15 is 0 Å². The molecule has 0 aromatic carbocycles. The van der Waals surface area contributed by atoms with E-state index in [-0.39, 0.29) is 5.91 Å². The predicted octanol–water partition coefficient (Wildman–Crippen LogP) is 3.83. The number of hydrogen-bond donors (Lipinski definition) is 0. The molecular formula is C19H20N4O2S. The molecule has 26 heavy (non-hydrogen) atoms. The lowest BCUT2D eigenvalue weighted by molar-refractivity contribution is 0.0680. The fourth-order valence-corrected chi connectivity index (χ4v) is 4.50. The van der Waals surface area contributed by atoms with Crippen LogP contribution in [0.5, 0.6) is 0 Å². The molecule has 0 atom stereocenters. The largest absolute Gasteiger partial charge is 0.459 e. The summed E-state index contributed by atoms with van der Waals surface area (Å²) in [6.45, 7) is 5.38. The van der Waals surface area contributed by atoms with Crippen molar-refractivity contribution in [2.75, 3.05) is 13.1 Å². The van der Waals surface area contributed by atoms with Gasteiger partial charge in [-0.2, -0.15) is 0 Å². The van der Waals surface area contributed by atoms with Crippen LogP contribution < -0.4 is 0 Å². The van der Waals surface area contributed by atoms with Gasteiger partial charge in [-0.1, -0.05) is 0 Å². The van der Waals surface area contributed by atoms with Crippen LogP contribution in [0.2, 0.25) is 0 Å². The molecule has 0 unspecified atom stereocenters.